The second kappa shape index (κ2) is 10.5. The maximum Gasteiger partial charge on any atom is 0.240 e. The number of nitrogens with zero attached hydrogens (tertiary/aromatic N) is 1. The van der Waals surface area contributed by atoms with Crippen molar-refractivity contribution in [2.24, 2.45) is 4.99 Å². The van der Waals surface area contributed by atoms with Crippen molar-refractivity contribution >= 4 is 16.0 Å². The summed E-state index contributed by atoms with van der Waals surface area (Å²) < 4.78 is 41.1. The molecule has 3 N–H and O–H groups in total. The van der Waals surface area contributed by atoms with E-state index in [1.807, 2.05) is 6.07 Å². The molecule has 2 aromatic carbocycles. The number of rotatable bonds is 7. The zero-order valence-corrected chi connectivity index (χ0v) is 18.0. The maximum atomic E-state index is 13.3. The Kier molecular flexibility index (Phi) is 7.81. The van der Waals surface area contributed by atoms with E-state index < -0.39 is 15.8 Å². The van der Waals surface area contributed by atoms with Crippen molar-refractivity contribution in [3.8, 4) is 0 Å². The molecule has 0 amide bonds. The van der Waals surface area contributed by atoms with Gasteiger partial charge in [0.15, 0.2) is 5.96 Å². The van der Waals surface area contributed by atoms with Crippen LogP contribution in [0.25, 0.3) is 0 Å². The van der Waals surface area contributed by atoms with Crippen molar-refractivity contribution < 1.29 is 12.8 Å². The molecule has 0 spiro atoms. The summed E-state index contributed by atoms with van der Waals surface area (Å²) in [5.74, 6) is 0.328. The Labute approximate surface area is 178 Å². The molecule has 6 nitrogen and oxygen atoms in total. The predicted octanol–water partition coefficient (Wildman–Crippen LogP) is 3.30. The van der Waals surface area contributed by atoms with Gasteiger partial charge in [-0.15, -0.1) is 0 Å². The molecule has 0 aliphatic heterocycles. The van der Waals surface area contributed by atoms with E-state index in [1.54, 1.807) is 37.4 Å². The highest BCUT2D eigenvalue weighted by atomic mass is 32.2. The SMILES string of the molecule is CN=C(NCc1cccc(S(=O)(=O)NCc2cccc(F)c2)c1)NC1CCCCC1. The summed E-state index contributed by atoms with van der Waals surface area (Å²) in [6, 6.07) is 13.1. The summed E-state index contributed by atoms with van der Waals surface area (Å²) in [6.07, 6.45) is 6.05. The minimum absolute atomic E-state index is 0.0283. The number of hydrogen-bond donors (Lipinski definition) is 3. The van der Waals surface area contributed by atoms with Crippen LogP contribution in [0.5, 0.6) is 0 Å². The molecule has 1 fully saturated rings. The normalized spacial score (nSPS) is 15.7. The van der Waals surface area contributed by atoms with Gasteiger partial charge in [0.25, 0.3) is 0 Å². The van der Waals surface area contributed by atoms with E-state index in [2.05, 4.69) is 20.3 Å². The maximum absolute atomic E-state index is 13.3. The van der Waals surface area contributed by atoms with Crippen LogP contribution in [0.4, 0.5) is 4.39 Å². The molecular formula is C22H29FN4O2S. The summed E-state index contributed by atoms with van der Waals surface area (Å²) in [5.41, 5.74) is 1.39. The highest BCUT2D eigenvalue weighted by molar-refractivity contribution is 7.89. The van der Waals surface area contributed by atoms with Crippen molar-refractivity contribution in [2.75, 3.05) is 7.05 Å². The minimum atomic E-state index is -3.71. The number of sulfonamides is 1. The van der Waals surface area contributed by atoms with E-state index in [9.17, 15) is 12.8 Å². The summed E-state index contributed by atoms with van der Waals surface area (Å²) in [6.45, 7) is 0.486. The molecule has 162 valence electrons. The van der Waals surface area contributed by atoms with E-state index in [4.69, 9.17) is 0 Å². The Morgan fingerprint density at radius 3 is 2.43 bits per heavy atom. The number of hydrogen-bond acceptors (Lipinski definition) is 3. The summed E-state index contributed by atoms with van der Waals surface area (Å²) >= 11 is 0. The first-order valence-corrected chi connectivity index (χ1v) is 11.7. The Balaban J connectivity index is 1.58. The second-order valence-corrected chi connectivity index (χ2v) is 9.27. The fourth-order valence-corrected chi connectivity index (χ4v) is 4.64. The predicted molar refractivity (Wildman–Crippen MR) is 117 cm³/mol. The topological polar surface area (TPSA) is 82.6 Å². The number of guanidine groups is 1. The summed E-state index contributed by atoms with van der Waals surface area (Å²) in [5, 5.41) is 6.70. The average Bonchev–Trinajstić information content (AvgIpc) is 2.76. The first kappa shape index (κ1) is 22.2. The van der Waals surface area contributed by atoms with Crippen LogP contribution in [0.2, 0.25) is 0 Å². The lowest BCUT2D eigenvalue weighted by molar-refractivity contribution is 0.410. The number of halogens is 1. The van der Waals surface area contributed by atoms with Gasteiger partial charge in [-0.3, -0.25) is 4.99 Å². The zero-order chi connectivity index (χ0) is 21.4. The first-order chi connectivity index (χ1) is 14.5. The largest absolute Gasteiger partial charge is 0.354 e. The molecule has 0 unspecified atom stereocenters. The molecule has 3 rings (SSSR count). The lowest BCUT2D eigenvalue weighted by Gasteiger charge is -2.24. The van der Waals surface area contributed by atoms with Crippen LogP contribution in [0.1, 0.15) is 43.2 Å². The smallest absolute Gasteiger partial charge is 0.240 e. The van der Waals surface area contributed by atoms with E-state index in [0.717, 1.165) is 24.4 Å². The van der Waals surface area contributed by atoms with Gasteiger partial charge in [-0.05, 0) is 48.2 Å². The Morgan fingerprint density at radius 1 is 1.03 bits per heavy atom. The van der Waals surface area contributed by atoms with Gasteiger partial charge in [-0.1, -0.05) is 43.5 Å². The molecule has 2 aromatic rings. The van der Waals surface area contributed by atoms with Crippen molar-refractivity contribution in [1.82, 2.24) is 15.4 Å². The molecule has 1 aliphatic rings. The van der Waals surface area contributed by atoms with E-state index >= 15 is 0 Å². The highest BCUT2D eigenvalue weighted by Gasteiger charge is 2.16. The van der Waals surface area contributed by atoms with Gasteiger partial charge in [0, 0.05) is 26.2 Å². The van der Waals surface area contributed by atoms with Gasteiger partial charge in [-0.2, -0.15) is 0 Å². The van der Waals surface area contributed by atoms with Crippen LogP contribution in [-0.4, -0.2) is 27.5 Å². The third kappa shape index (κ3) is 6.53. The van der Waals surface area contributed by atoms with Gasteiger partial charge in [-0.25, -0.2) is 17.5 Å². The lowest BCUT2D eigenvalue weighted by Crippen LogP contribution is -2.43. The van der Waals surface area contributed by atoms with Gasteiger partial charge < -0.3 is 10.6 Å². The summed E-state index contributed by atoms with van der Waals surface area (Å²) in [4.78, 5) is 4.45. The molecule has 0 bridgehead atoms. The van der Waals surface area contributed by atoms with E-state index in [0.29, 0.717) is 18.2 Å². The molecule has 0 heterocycles. The molecule has 1 aliphatic carbocycles. The third-order valence-corrected chi connectivity index (χ3v) is 6.59. The van der Waals surface area contributed by atoms with E-state index in [-0.39, 0.29) is 11.4 Å². The average molecular weight is 433 g/mol. The van der Waals surface area contributed by atoms with Crippen molar-refractivity contribution in [3.05, 3.63) is 65.5 Å². The van der Waals surface area contributed by atoms with Crippen molar-refractivity contribution in [2.45, 2.75) is 56.1 Å². The Morgan fingerprint density at radius 2 is 1.73 bits per heavy atom. The molecule has 0 atom stereocenters. The standard InChI is InChI=1S/C22H29FN4O2S/c1-24-22(27-20-10-3-2-4-11-20)25-15-18-8-6-12-21(14-18)30(28,29)26-16-17-7-5-9-19(23)13-17/h5-9,12-14,20,26H,2-4,10-11,15-16H2,1H3,(H2,24,25,27). The van der Waals surface area contributed by atoms with Gasteiger partial charge in [0.2, 0.25) is 10.0 Å². The second-order valence-electron chi connectivity index (χ2n) is 7.51. The highest BCUT2D eigenvalue weighted by Crippen LogP contribution is 2.17. The number of benzene rings is 2. The summed E-state index contributed by atoms with van der Waals surface area (Å²) in [7, 11) is -1.98. The monoisotopic (exact) mass is 432 g/mol. The van der Waals surface area contributed by atoms with Gasteiger partial charge in [0.1, 0.15) is 5.82 Å². The molecular weight excluding hydrogens is 403 g/mol. The fourth-order valence-electron chi connectivity index (χ4n) is 3.55. The fraction of sp³-hybridized carbons (Fsp3) is 0.409. The van der Waals surface area contributed by atoms with Gasteiger partial charge >= 0.3 is 0 Å². The van der Waals surface area contributed by atoms with Crippen LogP contribution < -0.4 is 15.4 Å². The first-order valence-electron chi connectivity index (χ1n) is 10.3. The molecule has 8 heteroatoms. The Hall–Kier alpha value is -2.45. The van der Waals surface area contributed by atoms with Crippen LogP contribution in [0, 0.1) is 5.82 Å². The van der Waals surface area contributed by atoms with Crippen LogP contribution in [0.15, 0.2) is 58.4 Å². The quantitative estimate of drug-likeness (QED) is 0.463. The van der Waals surface area contributed by atoms with Crippen molar-refractivity contribution in [3.63, 3.8) is 0 Å². The third-order valence-electron chi connectivity index (χ3n) is 5.19. The van der Waals surface area contributed by atoms with Crippen LogP contribution >= 0.6 is 0 Å². The molecule has 0 radical (unpaired) electrons. The number of aliphatic imine (C=N–C) groups is 1. The zero-order valence-electron chi connectivity index (χ0n) is 17.2. The lowest BCUT2D eigenvalue weighted by atomic mass is 9.96. The molecule has 0 aromatic heterocycles. The minimum Gasteiger partial charge on any atom is -0.354 e. The molecule has 1 saturated carbocycles. The molecule has 30 heavy (non-hydrogen) atoms. The van der Waals surface area contributed by atoms with Crippen molar-refractivity contribution in [1.29, 1.82) is 0 Å². The van der Waals surface area contributed by atoms with Crippen LogP contribution in [0.3, 0.4) is 0 Å². The Bertz CT molecular complexity index is 973. The van der Waals surface area contributed by atoms with E-state index in [1.165, 1.54) is 31.4 Å². The van der Waals surface area contributed by atoms with Crippen LogP contribution in [-0.2, 0) is 23.1 Å². The van der Waals surface area contributed by atoms with Gasteiger partial charge in [0.05, 0.1) is 4.90 Å². The molecule has 0 saturated heterocycles. The number of nitrogens with one attached hydrogen (secondary N) is 3.